The molecule has 1 aromatic carbocycles. The minimum Gasteiger partial charge on any atom is -0.453 e. The van der Waals surface area contributed by atoms with Crippen LogP contribution in [0.15, 0.2) is 23.2 Å². The van der Waals surface area contributed by atoms with E-state index >= 15 is 0 Å². The van der Waals surface area contributed by atoms with Crippen molar-refractivity contribution in [2.75, 3.05) is 27.2 Å². The van der Waals surface area contributed by atoms with Crippen LogP contribution in [0.25, 0.3) is 0 Å². The molecule has 1 aliphatic heterocycles. The van der Waals surface area contributed by atoms with Crippen LogP contribution in [0.2, 0.25) is 0 Å². The standard InChI is InChI=1S/C17H23F3N4O3.HI/c1-21-16(23-11-6-8-24(9-7-11)17(25)26-2)22-10-12-13(18)4-3-5-14(12)27-15(19)20;/h3-5,11,15H,6-10H2,1-2H3,(H2,21,22,23);1H. The van der Waals surface area contributed by atoms with Gasteiger partial charge < -0.3 is 25.0 Å². The van der Waals surface area contributed by atoms with Gasteiger partial charge in [-0.15, -0.1) is 24.0 Å². The monoisotopic (exact) mass is 516 g/mol. The predicted molar refractivity (Wildman–Crippen MR) is 109 cm³/mol. The van der Waals surface area contributed by atoms with Gasteiger partial charge in [-0.05, 0) is 25.0 Å². The maximum Gasteiger partial charge on any atom is 0.409 e. The Balaban J connectivity index is 0.00000392. The van der Waals surface area contributed by atoms with Gasteiger partial charge in [0.2, 0.25) is 0 Å². The molecule has 2 N–H and O–H groups in total. The number of aliphatic imine (C=N–C) groups is 1. The first-order valence-corrected chi connectivity index (χ1v) is 8.46. The van der Waals surface area contributed by atoms with E-state index in [1.807, 2.05) is 0 Å². The smallest absolute Gasteiger partial charge is 0.409 e. The van der Waals surface area contributed by atoms with Crippen LogP contribution in [0.3, 0.4) is 0 Å². The van der Waals surface area contributed by atoms with Gasteiger partial charge in [0.15, 0.2) is 5.96 Å². The van der Waals surface area contributed by atoms with Crippen LogP contribution < -0.4 is 15.4 Å². The van der Waals surface area contributed by atoms with Crippen molar-refractivity contribution < 1.29 is 27.4 Å². The third kappa shape index (κ3) is 6.91. The van der Waals surface area contributed by atoms with Gasteiger partial charge in [0.25, 0.3) is 0 Å². The summed E-state index contributed by atoms with van der Waals surface area (Å²) in [5.41, 5.74) is -0.0127. The highest BCUT2D eigenvalue weighted by Crippen LogP contribution is 2.23. The number of guanidine groups is 1. The molecule has 1 aliphatic rings. The summed E-state index contributed by atoms with van der Waals surface area (Å²) in [6, 6.07) is 3.83. The van der Waals surface area contributed by atoms with Crippen molar-refractivity contribution in [1.82, 2.24) is 15.5 Å². The third-order valence-electron chi connectivity index (χ3n) is 4.22. The van der Waals surface area contributed by atoms with Crippen LogP contribution in [-0.4, -0.2) is 56.9 Å². The molecule has 0 saturated carbocycles. The van der Waals surface area contributed by atoms with Crippen LogP contribution in [0.4, 0.5) is 18.0 Å². The zero-order valence-corrected chi connectivity index (χ0v) is 17.9. The molecule has 1 saturated heterocycles. The van der Waals surface area contributed by atoms with Gasteiger partial charge in [-0.25, -0.2) is 9.18 Å². The Hall–Kier alpha value is -1.92. The number of halogens is 4. The minimum absolute atomic E-state index is 0. The molecule has 0 radical (unpaired) electrons. The number of amides is 1. The number of alkyl halides is 2. The van der Waals surface area contributed by atoms with Crippen molar-refractivity contribution in [3.8, 4) is 5.75 Å². The maximum absolute atomic E-state index is 14.0. The van der Waals surface area contributed by atoms with E-state index < -0.39 is 12.4 Å². The van der Waals surface area contributed by atoms with Crippen molar-refractivity contribution in [2.24, 2.45) is 4.99 Å². The average molecular weight is 516 g/mol. The minimum atomic E-state index is -3.04. The number of hydrogen-bond donors (Lipinski definition) is 2. The lowest BCUT2D eigenvalue weighted by Crippen LogP contribution is -2.49. The SMILES string of the molecule is CN=C(NCc1c(F)cccc1OC(F)F)NC1CCN(C(=O)OC)CC1.I. The first-order chi connectivity index (χ1) is 12.9. The first kappa shape index (κ1) is 24.1. The van der Waals surface area contributed by atoms with Crippen molar-refractivity contribution in [3.63, 3.8) is 0 Å². The Bertz CT molecular complexity index is 671. The number of benzene rings is 1. The molecule has 1 heterocycles. The highest BCUT2D eigenvalue weighted by molar-refractivity contribution is 14.0. The molecule has 11 heteroatoms. The number of nitrogens with zero attached hydrogens (tertiary/aromatic N) is 2. The van der Waals surface area contributed by atoms with Crippen LogP contribution in [0.5, 0.6) is 5.75 Å². The zero-order valence-electron chi connectivity index (χ0n) is 15.6. The second-order valence-corrected chi connectivity index (χ2v) is 5.90. The largest absolute Gasteiger partial charge is 0.453 e. The fourth-order valence-corrected chi connectivity index (χ4v) is 2.81. The van der Waals surface area contributed by atoms with Crippen LogP contribution in [0.1, 0.15) is 18.4 Å². The molecule has 28 heavy (non-hydrogen) atoms. The van der Waals surface area contributed by atoms with Crippen molar-refractivity contribution in [1.29, 1.82) is 0 Å². The summed E-state index contributed by atoms with van der Waals surface area (Å²) in [7, 11) is 2.89. The van der Waals surface area contributed by atoms with E-state index in [-0.39, 0.29) is 54.0 Å². The molecule has 7 nitrogen and oxygen atoms in total. The molecule has 1 aromatic rings. The van der Waals surface area contributed by atoms with E-state index in [1.165, 1.54) is 25.3 Å². The van der Waals surface area contributed by atoms with Gasteiger partial charge in [-0.1, -0.05) is 6.07 Å². The molecule has 0 bridgehead atoms. The molecule has 158 valence electrons. The highest BCUT2D eigenvalue weighted by Gasteiger charge is 2.24. The van der Waals surface area contributed by atoms with Crippen molar-refractivity contribution in [2.45, 2.75) is 32.0 Å². The lowest BCUT2D eigenvalue weighted by atomic mass is 10.1. The van der Waals surface area contributed by atoms with Crippen LogP contribution in [-0.2, 0) is 11.3 Å². The lowest BCUT2D eigenvalue weighted by Gasteiger charge is -2.32. The van der Waals surface area contributed by atoms with Gasteiger partial charge >= 0.3 is 12.7 Å². The van der Waals surface area contributed by atoms with E-state index in [2.05, 4.69) is 20.4 Å². The fourth-order valence-electron chi connectivity index (χ4n) is 2.81. The summed E-state index contributed by atoms with van der Waals surface area (Å²) < 4.78 is 48.0. The second-order valence-electron chi connectivity index (χ2n) is 5.90. The maximum atomic E-state index is 14.0. The van der Waals surface area contributed by atoms with E-state index in [1.54, 1.807) is 11.9 Å². The summed E-state index contributed by atoms with van der Waals surface area (Å²) in [4.78, 5) is 17.2. The van der Waals surface area contributed by atoms with Crippen molar-refractivity contribution in [3.05, 3.63) is 29.6 Å². The van der Waals surface area contributed by atoms with Gasteiger partial charge in [0, 0.05) is 38.3 Å². The Morgan fingerprint density at radius 2 is 2.04 bits per heavy atom. The average Bonchev–Trinajstić information content (AvgIpc) is 2.66. The van der Waals surface area contributed by atoms with E-state index in [0.29, 0.717) is 31.9 Å². The lowest BCUT2D eigenvalue weighted by molar-refractivity contribution is -0.0506. The topological polar surface area (TPSA) is 75.2 Å². The number of rotatable bonds is 5. The summed E-state index contributed by atoms with van der Waals surface area (Å²) in [5.74, 6) is -0.473. The number of hydrogen-bond acceptors (Lipinski definition) is 4. The van der Waals surface area contributed by atoms with Crippen LogP contribution in [0, 0.1) is 5.82 Å². The molecule has 0 unspecified atom stereocenters. The number of likely N-dealkylation sites (tertiary alicyclic amines) is 1. The van der Waals surface area contributed by atoms with Crippen LogP contribution >= 0.6 is 24.0 Å². The fraction of sp³-hybridized carbons (Fsp3) is 0.529. The Morgan fingerprint density at radius 1 is 1.36 bits per heavy atom. The van der Waals surface area contributed by atoms with E-state index in [0.717, 1.165) is 0 Å². The molecule has 0 aliphatic carbocycles. The van der Waals surface area contributed by atoms with Gasteiger partial charge in [-0.2, -0.15) is 8.78 Å². The molecule has 2 rings (SSSR count). The number of ether oxygens (including phenoxy) is 2. The first-order valence-electron chi connectivity index (χ1n) is 8.46. The second kappa shape index (κ2) is 11.8. The normalized spacial score (nSPS) is 15.1. The predicted octanol–water partition coefficient (Wildman–Crippen LogP) is 2.94. The van der Waals surface area contributed by atoms with Gasteiger partial charge in [0.1, 0.15) is 11.6 Å². The summed E-state index contributed by atoms with van der Waals surface area (Å²) in [5, 5.41) is 6.08. The number of carbonyl (C=O) groups is 1. The molecule has 1 fully saturated rings. The molecule has 0 spiro atoms. The number of carbonyl (C=O) groups excluding carboxylic acids is 1. The van der Waals surface area contributed by atoms with Gasteiger partial charge in [-0.3, -0.25) is 4.99 Å². The number of piperidine rings is 1. The third-order valence-corrected chi connectivity index (χ3v) is 4.22. The van der Waals surface area contributed by atoms with Crippen molar-refractivity contribution >= 4 is 36.0 Å². The molecular weight excluding hydrogens is 492 g/mol. The molecular formula is C17H24F3IN4O3. The quantitative estimate of drug-likeness (QED) is 0.358. The molecule has 0 atom stereocenters. The van der Waals surface area contributed by atoms with E-state index in [4.69, 9.17) is 4.74 Å². The summed E-state index contributed by atoms with van der Waals surface area (Å²) in [6.07, 6.45) is 1.02. The van der Waals surface area contributed by atoms with E-state index in [9.17, 15) is 18.0 Å². The zero-order chi connectivity index (χ0) is 19.8. The highest BCUT2D eigenvalue weighted by atomic mass is 127. The Kier molecular flexibility index (Phi) is 10.2. The van der Waals surface area contributed by atoms with Gasteiger partial charge in [0.05, 0.1) is 7.11 Å². The Morgan fingerprint density at radius 3 is 2.61 bits per heavy atom. The summed E-state index contributed by atoms with van der Waals surface area (Å²) in [6.45, 7) is -2.03. The summed E-state index contributed by atoms with van der Waals surface area (Å²) >= 11 is 0. The number of nitrogens with one attached hydrogen (secondary N) is 2. The number of methoxy groups -OCH3 is 1. The Labute approximate surface area is 178 Å². The molecule has 1 amide bonds. The molecule has 0 aromatic heterocycles.